The summed E-state index contributed by atoms with van der Waals surface area (Å²) in [6.45, 7) is 8.92. The van der Waals surface area contributed by atoms with Crippen LogP contribution in [0.25, 0.3) is 0 Å². The van der Waals surface area contributed by atoms with E-state index in [0.717, 1.165) is 75.4 Å². The fourth-order valence-corrected chi connectivity index (χ4v) is 3.90. The van der Waals surface area contributed by atoms with Crippen molar-refractivity contribution in [3.63, 3.8) is 0 Å². The maximum atomic E-state index is 12.8. The molecule has 0 aliphatic carbocycles. The number of halogens is 1. The highest BCUT2D eigenvalue weighted by Gasteiger charge is 2.21. The minimum atomic E-state index is 0. The van der Waals surface area contributed by atoms with Gasteiger partial charge in [-0.3, -0.25) is 9.59 Å². The molecule has 2 heterocycles. The van der Waals surface area contributed by atoms with Gasteiger partial charge in [0.1, 0.15) is 5.75 Å². The molecule has 2 amide bonds. The van der Waals surface area contributed by atoms with E-state index in [9.17, 15) is 9.59 Å². The van der Waals surface area contributed by atoms with Gasteiger partial charge in [-0.05, 0) is 69.3 Å². The topological polar surface area (TPSA) is 61.9 Å². The van der Waals surface area contributed by atoms with E-state index in [2.05, 4.69) is 5.32 Å². The number of amides is 2. The number of nitrogens with one attached hydrogen (secondary N) is 1. The van der Waals surface area contributed by atoms with E-state index in [1.54, 1.807) is 0 Å². The zero-order valence-electron chi connectivity index (χ0n) is 17.0. The molecule has 0 radical (unpaired) electrons. The molecular weight excluding hydrogens is 378 g/mol. The Labute approximate surface area is 174 Å². The van der Waals surface area contributed by atoms with Crippen LogP contribution in [0.1, 0.15) is 47.2 Å². The summed E-state index contributed by atoms with van der Waals surface area (Å²) >= 11 is 0. The molecule has 2 aliphatic rings. The van der Waals surface area contributed by atoms with Gasteiger partial charge in [-0.2, -0.15) is 0 Å². The normalized spacial score (nSPS) is 17.5. The van der Waals surface area contributed by atoms with Crippen molar-refractivity contribution in [1.82, 2.24) is 15.1 Å². The highest BCUT2D eigenvalue weighted by molar-refractivity contribution is 5.95. The van der Waals surface area contributed by atoms with Crippen LogP contribution in [0.15, 0.2) is 12.1 Å². The molecule has 1 aromatic rings. The molecule has 7 heteroatoms. The lowest BCUT2D eigenvalue weighted by Crippen LogP contribution is -2.38. The van der Waals surface area contributed by atoms with Crippen LogP contribution in [0, 0.1) is 13.8 Å². The molecule has 2 aliphatic heterocycles. The molecule has 0 spiro atoms. The van der Waals surface area contributed by atoms with Gasteiger partial charge in [0.2, 0.25) is 0 Å². The van der Waals surface area contributed by atoms with Crippen molar-refractivity contribution in [3.8, 4) is 5.75 Å². The summed E-state index contributed by atoms with van der Waals surface area (Å²) < 4.78 is 5.86. The van der Waals surface area contributed by atoms with E-state index < -0.39 is 0 Å². The predicted octanol–water partition coefficient (Wildman–Crippen LogP) is 2.55. The molecular formula is C21H32ClN3O3. The van der Waals surface area contributed by atoms with Gasteiger partial charge >= 0.3 is 0 Å². The third-order valence-corrected chi connectivity index (χ3v) is 5.38. The highest BCUT2D eigenvalue weighted by atomic mass is 35.5. The summed E-state index contributed by atoms with van der Waals surface area (Å²) in [4.78, 5) is 29.0. The van der Waals surface area contributed by atoms with Gasteiger partial charge in [0.05, 0.1) is 0 Å². The zero-order chi connectivity index (χ0) is 19.2. The number of benzene rings is 1. The number of likely N-dealkylation sites (tertiary alicyclic amines) is 1. The lowest BCUT2D eigenvalue weighted by atomic mass is 10.0. The van der Waals surface area contributed by atoms with Crippen LogP contribution in [0.3, 0.4) is 0 Å². The number of piperidine rings is 1. The van der Waals surface area contributed by atoms with E-state index in [1.165, 1.54) is 6.42 Å². The van der Waals surface area contributed by atoms with Gasteiger partial charge in [0.25, 0.3) is 11.8 Å². The van der Waals surface area contributed by atoms with E-state index in [1.807, 2.05) is 35.8 Å². The summed E-state index contributed by atoms with van der Waals surface area (Å²) in [5.74, 6) is 0.834. The van der Waals surface area contributed by atoms with Crippen molar-refractivity contribution in [2.24, 2.45) is 0 Å². The SMILES string of the molecule is Cc1cc(C(=O)N2CCCNCC2)cc(C)c1OCC(=O)N1CCCCC1.Cl. The van der Waals surface area contributed by atoms with Crippen LogP contribution in [0.5, 0.6) is 5.75 Å². The number of carbonyl (C=O) groups excluding carboxylic acids is 2. The molecule has 0 saturated carbocycles. The summed E-state index contributed by atoms with van der Waals surface area (Å²) in [6.07, 6.45) is 4.33. The fraction of sp³-hybridized carbons (Fsp3) is 0.619. The largest absolute Gasteiger partial charge is 0.483 e. The van der Waals surface area contributed by atoms with Crippen molar-refractivity contribution in [2.45, 2.75) is 39.5 Å². The van der Waals surface area contributed by atoms with E-state index in [4.69, 9.17) is 4.74 Å². The van der Waals surface area contributed by atoms with Gasteiger partial charge < -0.3 is 19.9 Å². The molecule has 28 heavy (non-hydrogen) atoms. The van der Waals surface area contributed by atoms with Gasteiger partial charge in [0.15, 0.2) is 6.61 Å². The zero-order valence-corrected chi connectivity index (χ0v) is 17.8. The summed E-state index contributed by atoms with van der Waals surface area (Å²) in [7, 11) is 0. The van der Waals surface area contributed by atoms with Crippen molar-refractivity contribution in [2.75, 3.05) is 45.9 Å². The van der Waals surface area contributed by atoms with E-state index in [-0.39, 0.29) is 30.8 Å². The Kier molecular flexibility index (Phi) is 8.58. The van der Waals surface area contributed by atoms with Gasteiger partial charge in [-0.15, -0.1) is 12.4 Å². The average molecular weight is 410 g/mol. The van der Waals surface area contributed by atoms with Gasteiger partial charge in [-0.25, -0.2) is 0 Å². The Hall–Kier alpha value is -1.79. The molecule has 0 bridgehead atoms. The quantitative estimate of drug-likeness (QED) is 0.830. The summed E-state index contributed by atoms with van der Waals surface area (Å²) in [5.41, 5.74) is 2.50. The predicted molar refractivity (Wildman–Crippen MR) is 112 cm³/mol. The minimum Gasteiger partial charge on any atom is -0.483 e. The van der Waals surface area contributed by atoms with Crippen molar-refractivity contribution in [3.05, 3.63) is 28.8 Å². The van der Waals surface area contributed by atoms with E-state index >= 15 is 0 Å². The molecule has 2 saturated heterocycles. The molecule has 1 aromatic carbocycles. The summed E-state index contributed by atoms with van der Waals surface area (Å²) in [6, 6.07) is 3.77. The second kappa shape index (κ2) is 10.7. The molecule has 0 atom stereocenters. The molecule has 6 nitrogen and oxygen atoms in total. The fourth-order valence-electron chi connectivity index (χ4n) is 3.90. The summed E-state index contributed by atoms with van der Waals surface area (Å²) in [5, 5.41) is 3.32. The molecule has 3 rings (SSSR count). The molecule has 156 valence electrons. The van der Waals surface area contributed by atoms with Crippen molar-refractivity contribution in [1.29, 1.82) is 0 Å². The second-order valence-corrected chi connectivity index (χ2v) is 7.57. The average Bonchev–Trinajstić information content (AvgIpc) is 2.96. The number of rotatable bonds is 4. The van der Waals surface area contributed by atoms with Crippen LogP contribution in [-0.2, 0) is 4.79 Å². The molecule has 2 fully saturated rings. The number of aryl methyl sites for hydroxylation is 2. The van der Waals surface area contributed by atoms with Crippen molar-refractivity contribution < 1.29 is 14.3 Å². The Bertz CT molecular complexity index is 658. The minimum absolute atomic E-state index is 0. The monoisotopic (exact) mass is 409 g/mol. The van der Waals surface area contributed by atoms with Crippen LogP contribution in [0.2, 0.25) is 0 Å². The maximum absolute atomic E-state index is 12.8. The number of hydrogen-bond acceptors (Lipinski definition) is 4. The molecule has 0 aromatic heterocycles. The lowest BCUT2D eigenvalue weighted by molar-refractivity contribution is -0.134. The van der Waals surface area contributed by atoms with Crippen LogP contribution >= 0.6 is 12.4 Å². The second-order valence-electron chi connectivity index (χ2n) is 7.57. The van der Waals surface area contributed by atoms with Crippen LogP contribution in [0.4, 0.5) is 0 Å². The Balaban J connectivity index is 0.00000280. The first-order valence-corrected chi connectivity index (χ1v) is 10.1. The van der Waals surface area contributed by atoms with E-state index in [0.29, 0.717) is 5.56 Å². The standard InChI is InChI=1S/C21H31N3O3.ClH/c1-16-13-18(21(26)24-11-6-7-22-8-12-24)14-17(2)20(16)27-15-19(25)23-9-4-3-5-10-23;/h13-14,22H,3-12,15H2,1-2H3;1H. The van der Waals surface area contributed by atoms with Gasteiger partial charge in [0, 0.05) is 38.3 Å². The first kappa shape index (κ1) is 22.5. The number of hydrogen-bond donors (Lipinski definition) is 1. The third-order valence-electron chi connectivity index (χ3n) is 5.38. The molecule has 1 N–H and O–H groups in total. The Morgan fingerprint density at radius 1 is 0.929 bits per heavy atom. The lowest BCUT2D eigenvalue weighted by Gasteiger charge is -2.27. The first-order chi connectivity index (χ1) is 13.1. The van der Waals surface area contributed by atoms with Crippen molar-refractivity contribution >= 4 is 24.2 Å². The molecule has 0 unspecified atom stereocenters. The third kappa shape index (κ3) is 5.61. The smallest absolute Gasteiger partial charge is 0.260 e. The number of carbonyl (C=O) groups is 2. The first-order valence-electron chi connectivity index (χ1n) is 10.1. The Morgan fingerprint density at radius 2 is 1.57 bits per heavy atom. The Morgan fingerprint density at radius 3 is 2.25 bits per heavy atom. The number of nitrogens with zero attached hydrogens (tertiary/aromatic N) is 2. The number of ether oxygens (including phenoxy) is 1. The van der Waals surface area contributed by atoms with Crippen LogP contribution < -0.4 is 10.1 Å². The van der Waals surface area contributed by atoms with Crippen LogP contribution in [-0.4, -0.2) is 67.5 Å². The maximum Gasteiger partial charge on any atom is 0.260 e. The van der Waals surface area contributed by atoms with Gasteiger partial charge in [-0.1, -0.05) is 0 Å². The highest BCUT2D eigenvalue weighted by Crippen LogP contribution is 2.26.